The number of aliphatic imine (C=N–C) groups is 2. The second kappa shape index (κ2) is 13.7. The summed E-state index contributed by atoms with van der Waals surface area (Å²) in [4.78, 5) is 23.9. The summed E-state index contributed by atoms with van der Waals surface area (Å²) in [5.41, 5.74) is 9.34. The highest BCUT2D eigenvalue weighted by Gasteiger charge is 2.31. The van der Waals surface area contributed by atoms with E-state index in [-0.39, 0.29) is 17.9 Å². The fourth-order valence-electron chi connectivity index (χ4n) is 5.00. The number of benzene rings is 3. The molecule has 0 bridgehead atoms. The van der Waals surface area contributed by atoms with Crippen LogP contribution in [-0.4, -0.2) is 42.7 Å². The molecule has 2 heterocycles. The average Bonchev–Trinajstić information content (AvgIpc) is 3.48. The molecule has 0 radical (unpaired) electrons. The maximum absolute atomic E-state index is 12.8. The number of hydrogen-bond donors (Lipinski definition) is 2. The van der Waals surface area contributed by atoms with E-state index in [1.807, 2.05) is 24.3 Å². The van der Waals surface area contributed by atoms with Gasteiger partial charge in [0, 0.05) is 24.5 Å². The minimum Gasteiger partial charge on any atom is -0.406 e. The molecule has 44 heavy (non-hydrogen) atoms. The van der Waals surface area contributed by atoms with Crippen molar-refractivity contribution in [1.29, 1.82) is 0 Å². The van der Waals surface area contributed by atoms with Crippen molar-refractivity contribution in [1.82, 2.24) is 10.7 Å². The van der Waals surface area contributed by atoms with Crippen LogP contribution in [0.15, 0.2) is 76.7 Å². The van der Waals surface area contributed by atoms with Crippen molar-refractivity contribution in [3.8, 4) is 5.75 Å². The Balaban J connectivity index is 1.13. The number of halogens is 3. The molecule has 1 saturated heterocycles. The lowest BCUT2D eigenvalue weighted by Gasteiger charge is -2.32. The van der Waals surface area contributed by atoms with Gasteiger partial charge in [0.25, 0.3) is 0 Å². The van der Waals surface area contributed by atoms with Crippen molar-refractivity contribution < 1.29 is 22.7 Å². The molecule has 0 aromatic heterocycles. The predicted octanol–water partition coefficient (Wildman–Crippen LogP) is 7.32. The van der Waals surface area contributed by atoms with E-state index < -0.39 is 6.36 Å². The summed E-state index contributed by atoms with van der Waals surface area (Å²) >= 11 is 1.61. The molecule has 8 nitrogen and oxygen atoms in total. The van der Waals surface area contributed by atoms with Crippen LogP contribution in [0.5, 0.6) is 5.75 Å². The first-order valence-corrected chi connectivity index (χ1v) is 15.4. The predicted molar refractivity (Wildman–Crippen MR) is 171 cm³/mol. The minimum absolute atomic E-state index is 0.287. The highest BCUT2D eigenvalue weighted by atomic mass is 32.2. The van der Waals surface area contributed by atoms with E-state index in [0.29, 0.717) is 24.6 Å². The van der Waals surface area contributed by atoms with Gasteiger partial charge >= 0.3 is 12.4 Å². The molecule has 12 heteroatoms. The molecule has 2 aliphatic heterocycles. The van der Waals surface area contributed by atoms with Gasteiger partial charge in [-0.05, 0) is 78.3 Å². The number of carbonyl (C=O) groups is 1. The second-order valence-electron chi connectivity index (χ2n) is 10.9. The smallest absolute Gasteiger partial charge is 0.406 e. The number of ether oxygens (including phenoxy) is 1. The maximum Gasteiger partial charge on any atom is 0.573 e. The topological polar surface area (TPSA) is 81.6 Å². The highest BCUT2D eigenvalue weighted by molar-refractivity contribution is 8.14. The first-order valence-electron chi connectivity index (χ1n) is 14.5. The quantitative estimate of drug-likeness (QED) is 0.273. The molecule has 0 aliphatic carbocycles. The maximum atomic E-state index is 12.8. The first-order chi connectivity index (χ1) is 21.1. The molecule has 5 rings (SSSR count). The Morgan fingerprint density at radius 1 is 1.14 bits per heavy atom. The van der Waals surface area contributed by atoms with E-state index in [1.165, 1.54) is 35.4 Å². The number of alkyl halides is 3. The molecule has 2 aliphatic rings. The van der Waals surface area contributed by atoms with Crippen LogP contribution in [0.3, 0.4) is 0 Å². The Labute approximate surface area is 259 Å². The number of anilines is 2. The lowest BCUT2D eigenvalue weighted by Crippen LogP contribution is -2.36. The third-order valence-corrected chi connectivity index (χ3v) is 8.27. The number of urea groups is 1. The Kier molecular flexibility index (Phi) is 9.80. The molecule has 2 N–H and O–H groups in total. The summed E-state index contributed by atoms with van der Waals surface area (Å²) in [7, 11) is 0. The number of amidine groups is 1. The molecule has 232 valence electrons. The zero-order chi connectivity index (χ0) is 31.3. The largest absolute Gasteiger partial charge is 0.573 e. The van der Waals surface area contributed by atoms with E-state index >= 15 is 0 Å². The molecular formula is C32H35F3N6O2S. The Morgan fingerprint density at radius 2 is 1.89 bits per heavy atom. The third kappa shape index (κ3) is 8.11. The monoisotopic (exact) mass is 624 g/mol. The summed E-state index contributed by atoms with van der Waals surface area (Å²) in [6, 6.07) is 19.5. The number of aryl methyl sites for hydroxylation is 1. The van der Waals surface area contributed by atoms with Crippen molar-refractivity contribution in [2.75, 3.05) is 28.8 Å². The first kappa shape index (κ1) is 31.4. The van der Waals surface area contributed by atoms with Gasteiger partial charge in [-0.15, -0.1) is 13.2 Å². The molecule has 0 saturated carbocycles. The van der Waals surface area contributed by atoms with E-state index in [0.717, 1.165) is 40.7 Å². The lowest BCUT2D eigenvalue weighted by molar-refractivity contribution is -0.274. The lowest BCUT2D eigenvalue weighted by atomic mass is 9.98. The van der Waals surface area contributed by atoms with E-state index in [1.54, 1.807) is 23.1 Å². The van der Waals surface area contributed by atoms with Crippen LogP contribution in [0.1, 0.15) is 54.6 Å². The average molecular weight is 625 g/mol. The number of amides is 2. The van der Waals surface area contributed by atoms with Crippen LogP contribution in [0.2, 0.25) is 0 Å². The Morgan fingerprint density at radius 3 is 2.59 bits per heavy atom. The fourth-order valence-corrected chi connectivity index (χ4v) is 5.95. The van der Waals surface area contributed by atoms with Crippen molar-refractivity contribution in [3.05, 3.63) is 89.0 Å². The normalized spacial score (nSPS) is 17.9. The number of nitrogens with one attached hydrogen (secondary N) is 2. The molecule has 1 unspecified atom stereocenters. The summed E-state index contributed by atoms with van der Waals surface area (Å²) in [5.74, 6) is 1.00. The molecule has 3 aromatic carbocycles. The van der Waals surface area contributed by atoms with Crippen LogP contribution >= 0.6 is 11.8 Å². The Bertz CT molecular complexity index is 1510. The van der Waals surface area contributed by atoms with Crippen LogP contribution in [0.25, 0.3) is 0 Å². The number of hydrogen-bond acceptors (Lipinski definition) is 6. The molecular weight excluding hydrogens is 589 g/mol. The fraction of sp³-hybridized carbons (Fsp3) is 0.344. The van der Waals surface area contributed by atoms with Crippen molar-refractivity contribution in [3.63, 3.8) is 0 Å². The molecule has 3 aromatic rings. The summed E-state index contributed by atoms with van der Waals surface area (Å²) < 4.78 is 41.2. The standard InChI is InChI=1S/C32H35F3N6O2S/c1-21(2)27-14-5-22(3)19-28(27)40-17-4-18-44-31(40)38-30(42)36-16-15-23-6-8-24(9-7-23)29-37-20-41(39-29)25-10-12-26(13-11-25)43-32(33,34)35/h5-14,19-21,29,39H,4,15-18H2,1-3H3,(H,36,42). The van der Waals surface area contributed by atoms with Gasteiger partial charge in [0.1, 0.15) is 18.3 Å². The number of thioether (sulfide) groups is 1. The van der Waals surface area contributed by atoms with Gasteiger partial charge < -0.3 is 15.0 Å². The van der Waals surface area contributed by atoms with Gasteiger partial charge in [-0.2, -0.15) is 10.4 Å². The van der Waals surface area contributed by atoms with Gasteiger partial charge in [0.2, 0.25) is 0 Å². The van der Waals surface area contributed by atoms with E-state index in [4.69, 9.17) is 0 Å². The zero-order valence-corrected chi connectivity index (χ0v) is 25.6. The molecule has 1 atom stereocenters. The zero-order valence-electron chi connectivity index (χ0n) is 24.8. The second-order valence-corrected chi connectivity index (χ2v) is 12.0. The summed E-state index contributed by atoms with van der Waals surface area (Å²) in [6.07, 6.45) is -1.82. The van der Waals surface area contributed by atoms with E-state index in [9.17, 15) is 18.0 Å². The molecule has 1 fully saturated rings. The highest BCUT2D eigenvalue weighted by Crippen LogP contribution is 2.33. The number of carbonyl (C=O) groups excluding carboxylic acids is 1. The van der Waals surface area contributed by atoms with Gasteiger partial charge in [0.05, 0.1) is 5.69 Å². The van der Waals surface area contributed by atoms with E-state index in [2.05, 4.69) is 69.3 Å². The van der Waals surface area contributed by atoms with Crippen LogP contribution in [-0.2, 0) is 6.42 Å². The molecule has 0 spiro atoms. The van der Waals surface area contributed by atoms with Crippen molar-refractivity contribution in [2.24, 2.45) is 9.98 Å². The van der Waals surface area contributed by atoms with Crippen molar-refractivity contribution in [2.45, 2.75) is 52.1 Å². The van der Waals surface area contributed by atoms with Crippen LogP contribution in [0.4, 0.5) is 29.3 Å². The van der Waals surface area contributed by atoms with Gasteiger partial charge in [-0.3, -0.25) is 5.01 Å². The van der Waals surface area contributed by atoms with Crippen LogP contribution in [0, 0.1) is 6.92 Å². The number of nitrogens with zero attached hydrogens (tertiary/aromatic N) is 4. The summed E-state index contributed by atoms with van der Waals surface area (Å²) in [5, 5.41) is 5.30. The molecule has 2 amide bonds. The van der Waals surface area contributed by atoms with Gasteiger partial charge in [-0.25, -0.2) is 9.79 Å². The van der Waals surface area contributed by atoms with Gasteiger partial charge in [0.15, 0.2) is 5.17 Å². The summed E-state index contributed by atoms with van der Waals surface area (Å²) in [6.45, 7) is 7.71. The third-order valence-electron chi connectivity index (χ3n) is 7.21. The van der Waals surface area contributed by atoms with Crippen molar-refractivity contribution >= 4 is 40.7 Å². The minimum atomic E-state index is -4.73. The van der Waals surface area contributed by atoms with Gasteiger partial charge in [-0.1, -0.05) is 62.0 Å². The Hall–Kier alpha value is -4.03. The SMILES string of the molecule is Cc1ccc(C(C)C)c(N2CCCSC2=NC(=O)NCCc2ccc(C3N=CN(c4ccc(OC(F)(F)F)cc4)N3)cc2)c1. The number of rotatable bonds is 8. The van der Waals surface area contributed by atoms with Crippen LogP contribution < -0.4 is 25.4 Å². The number of hydrazine groups is 1.